The van der Waals surface area contributed by atoms with Crippen LogP contribution in [-0.4, -0.2) is 17.4 Å². The quantitative estimate of drug-likeness (QED) is 0.552. The molecule has 1 aliphatic carbocycles. The van der Waals surface area contributed by atoms with Gasteiger partial charge in [0, 0.05) is 4.83 Å². The molecular weight excluding hydrogens is 220 g/mol. The summed E-state index contributed by atoms with van der Waals surface area (Å²) in [4.78, 5) is 11.6. The van der Waals surface area contributed by atoms with E-state index in [0.29, 0.717) is 11.4 Å². The molecule has 0 aromatic carbocycles. The summed E-state index contributed by atoms with van der Waals surface area (Å²) in [6.45, 7) is 2.61. The first-order valence-corrected chi connectivity index (χ1v) is 5.42. The molecule has 0 aromatic rings. The van der Waals surface area contributed by atoms with Crippen molar-refractivity contribution < 1.29 is 9.53 Å². The van der Waals surface area contributed by atoms with Crippen LogP contribution in [0.15, 0.2) is 0 Å². The summed E-state index contributed by atoms with van der Waals surface area (Å²) in [6.07, 6.45) is 4.15. The molecule has 0 aliphatic heterocycles. The normalized spacial score (nSPS) is 19.8. The van der Waals surface area contributed by atoms with E-state index < -0.39 is 0 Å². The van der Waals surface area contributed by atoms with Crippen molar-refractivity contribution in [1.82, 2.24) is 0 Å². The largest absolute Gasteiger partial charge is 0.465 e. The van der Waals surface area contributed by atoms with E-state index in [2.05, 4.69) is 22.9 Å². The molecule has 70 valence electrons. The van der Waals surface area contributed by atoms with Crippen molar-refractivity contribution in [3.8, 4) is 0 Å². The zero-order valence-corrected chi connectivity index (χ0v) is 8.97. The van der Waals surface area contributed by atoms with Crippen molar-refractivity contribution in [2.24, 2.45) is 5.92 Å². The maximum Gasteiger partial charge on any atom is 0.308 e. The maximum absolute atomic E-state index is 11.2. The van der Waals surface area contributed by atoms with Gasteiger partial charge in [-0.2, -0.15) is 0 Å². The summed E-state index contributed by atoms with van der Waals surface area (Å²) in [7, 11) is 0. The number of halogens is 1. The fourth-order valence-electron chi connectivity index (χ4n) is 1.08. The first-order valence-electron chi connectivity index (χ1n) is 4.51. The summed E-state index contributed by atoms with van der Waals surface area (Å²) in [5, 5.41) is 0. The minimum Gasteiger partial charge on any atom is -0.465 e. The number of ether oxygens (including phenoxy) is 1. The van der Waals surface area contributed by atoms with Crippen LogP contribution in [0.2, 0.25) is 0 Å². The van der Waals surface area contributed by atoms with Crippen LogP contribution in [0.25, 0.3) is 0 Å². The molecule has 3 heteroatoms. The highest BCUT2D eigenvalue weighted by atomic mass is 79.9. The molecule has 1 saturated carbocycles. The zero-order chi connectivity index (χ0) is 8.97. The van der Waals surface area contributed by atoms with Gasteiger partial charge in [0.05, 0.1) is 12.5 Å². The number of alkyl halides is 1. The van der Waals surface area contributed by atoms with Gasteiger partial charge < -0.3 is 4.74 Å². The number of hydrogen-bond donors (Lipinski definition) is 0. The monoisotopic (exact) mass is 234 g/mol. The number of carbonyl (C=O) groups is 1. The second-order valence-corrected chi connectivity index (χ2v) is 4.93. The highest BCUT2D eigenvalue weighted by molar-refractivity contribution is 9.09. The summed E-state index contributed by atoms with van der Waals surface area (Å²) >= 11 is 3.40. The molecule has 0 N–H and O–H groups in total. The summed E-state index contributed by atoms with van der Waals surface area (Å²) in [5.41, 5.74) is 0. The third-order valence-electron chi connectivity index (χ3n) is 2.20. The van der Waals surface area contributed by atoms with Crippen LogP contribution in [-0.2, 0) is 9.53 Å². The lowest BCUT2D eigenvalue weighted by Crippen LogP contribution is -2.24. The Labute approximate surface area is 81.8 Å². The van der Waals surface area contributed by atoms with Gasteiger partial charge in [-0.15, -0.1) is 0 Å². The molecule has 0 bridgehead atoms. The minimum absolute atomic E-state index is 0.00870. The Bertz CT molecular complexity index is 153. The molecule has 0 amide bonds. The third-order valence-corrected chi connectivity index (χ3v) is 2.66. The first kappa shape index (κ1) is 10.0. The average molecular weight is 235 g/mol. The second kappa shape index (κ2) is 4.85. The van der Waals surface area contributed by atoms with Crippen LogP contribution >= 0.6 is 15.9 Å². The zero-order valence-electron chi connectivity index (χ0n) is 7.38. The van der Waals surface area contributed by atoms with Crippen molar-refractivity contribution >= 4 is 21.9 Å². The van der Waals surface area contributed by atoms with Gasteiger partial charge in [0.15, 0.2) is 0 Å². The third kappa shape index (κ3) is 3.13. The van der Waals surface area contributed by atoms with E-state index in [4.69, 9.17) is 4.74 Å². The molecule has 1 aliphatic rings. The molecule has 1 atom stereocenters. The van der Waals surface area contributed by atoms with Crippen molar-refractivity contribution in [2.75, 3.05) is 6.61 Å². The average Bonchev–Trinajstić information content (AvgIpc) is 1.81. The second-order valence-electron chi connectivity index (χ2n) is 3.36. The smallest absolute Gasteiger partial charge is 0.308 e. The topological polar surface area (TPSA) is 26.3 Å². The Morgan fingerprint density at radius 3 is 2.75 bits per heavy atom. The van der Waals surface area contributed by atoms with Gasteiger partial charge >= 0.3 is 5.97 Å². The molecule has 1 unspecified atom stereocenters. The van der Waals surface area contributed by atoms with Gasteiger partial charge in [-0.25, -0.2) is 0 Å². The van der Waals surface area contributed by atoms with Crippen molar-refractivity contribution in [1.29, 1.82) is 0 Å². The standard InChI is InChI=1S/C9H15BrO2/c1-7(10)5-6-12-9(11)8-3-2-4-8/h7-8H,2-6H2,1H3. The van der Waals surface area contributed by atoms with Gasteiger partial charge in [0.25, 0.3) is 0 Å². The summed E-state index contributed by atoms with van der Waals surface area (Å²) in [5.74, 6) is 0.227. The highest BCUT2D eigenvalue weighted by Gasteiger charge is 2.26. The van der Waals surface area contributed by atoms with Gasteiger partial charge in [0.2, 0.25) is 0 Å². The van der Waals surface area contributed by atoms with Crippen LogP contribution in [0.3, 0.4) is 0 Å². The Kier molecular flexibility index (Phi) is 4.06. The van der Waals surface area contributed by atoms with Crippen LogP contribution in [0.1, 0.15) is 32.6 Å². The van der Waals surface area contributed by atoms with E-state index in [-0.39, 0.29) is 11.9 Å². The molecule has 0 saturated heterocycles. The number of hydrogen-bond acceptors (Lipinski definition) is 2. The van der Waals surface area contributed by atoms with Crippen molar-refractivity contribution in [2.45, 2.75) is 37.4 Å². The van der Waals surface area contributed by atoms with Crippen molar-refractivity contribution in [3.63, 3.8) is 0 Å². The molecule has 0 radical (unpaired) electrons. The molecule has 12 heavy (non-hydrogen) atoms. The van der Waals surface area contributed by atoms with Gasteiger partial charge in [0.1, 0.15) is 0 Å². The van der Waals surface area contributed by atoms with Crippen LogP contribution in [0, 0.1) is 5.92 Å². The Morgan fingerprint density at radius 2 is 2.33 bits per heavy atom. The van der Waals surface area contributed by atoms with E-state index in [1.165, 1.54) is 6.42 Å². The molecular formula is C9H15BrO2. The predicted octanol–water partition coefficient (Wildman–Crippen LogP) is 2.50. The molecule has 0 aromatic heterocycles. The van der Waals surface area contributed by atoms with Crippen LogP contribution in [0.4, 0.5) is 0 Å². The Hall–Kier alpha value is -0.0500. The van der Waals surface area contributed by atoms with Crippen LogP contribution < -0.4 is 0 Å². The highest BCUT2D eigenvalue weighted by Crippen LogP contribution is 2.27. The summed E-state index contributed by atoms with van der Waals surface area (Å²) < 4.78 is 5.09. The Balaban J connectivity index is 2.02. The van der Waals surface area contributed by atoms with Crippen molar-refractivity contribution in [3.05, 3.63) is 0 Å². The molecule has 1 rings (SSSR count). The maximum atomic E-state index is 11.2. The van der Waals surface area contributed by atoms with E-state index in [9.17, 15) is 4.79 Å². The van der Waals surface area contributed by atoms with Crippen LogP contribution in [0.5, 0.6) is 0 Å². The van der Waals surface area contributed by atoms with E-state index in [1.807, 2.05) is 0 Å². The fraction of sp³-hybridized carbons (Fsp3) is 0.889. The summed E-state index contributed by atoms with van der Waals surface area (Å²) in [6, 6.07) is 0. The SMILES string of the molecule is CC(Br)CCOC(=O)C1CCC1. The predicted molar refractivity (Wildman–Crippen MR) is 51.3 cm³/mol. The molecule has 0 heterocycles. The van der Waals surface area contributed by atoms with Gasteiger partial charge in [-0.05, 0) is 19.3 Å². The van der Waals surface area contributed by atoms with Gasteiger partial charge in [-0.1, -0.05) is 29.3 Å². The molecule has 1 fully saturated rings. The number of esters is 1. The minimum atomic E-state index is 0.00870. The first-order chi connectivity index (χ1) is 5.70. The lowest BCUT2D eigenvalue weighted by molar-refractivity contribution is -0.151. The van der Waals surface area contributed by atoms with Gasteiger partial charge in [-0.3, -0.25) is 4.79 Å². The fourth-order valence-corrected chi connectivity index (χ4v) is 1.27. The molecule has 0 spiro atoms. The van der Waals surface area contributed by atoms with E-state index in [0.717, 1.165) is 19.3 Å². The molecule has 2 nitrogen and oxygen atoms in total. The van der Waals surface area contributed by atoms with E-state index >= 15 is 0 Å². The Morgan fingerprint density at radius 1 is 1.67 bits per heavy atom. The lowest BCUT2D eigenvalue weighted by Gasteiger charge is -2.23. The lowest BCUT2D eigenvalue weighted by atomic mass is 9.86. The van der Waals surface area contributed by atoms with E-state index in [1.54, 1.807) is 0 Å². The number of rotatable bonds is 4. The number of carbonyl (C=O) groups excluding carboxylic acids is 1.